The second-order valence-corrected chi connectivity index (χ2v) is 26.5. The summed E-state index contributed by atoms with van der Waals surface area (Å²) in [5, 5.41) is 54.6. The minimum atomic E-state index is -4.86. The Morgan fingerprint density at radius 1 is 0.412 bits per heavy atom. The third-order valence-electron chi connectivity index (χ3n) is 17.3. The van der Waals surface area contributed by atoms with Gasteiger partial charge in [0.25, 0.3) is 5.69 Å². The molecule has 18 aromatic rings. The van der Waals surface area contributed by atoms with Crippen LogP contribution in [0, 0.1) is 37.8 Å². The van der Waals surface area contributed by atoms with Crippen molar-refractivity contribution in [2.24, 2.45) is 0 Å². The number of benzene rings is 9. The topological polar surface area (TPSA) is 418 Å². The summed E-state index contributed by atoms with van der Waals surface area (Å²) in [7, 11) is 0. The first kappa shape index (κ1) is 78.6. The van der Waals surface area contributed by atoms with E-state index in [4.69, 9.17) is 33.4 Å². The Labute approximate surface area is 676 Å². The van der Waals surface area contributed by atoms with Gasteiger partial charge in [0.05, 0.1) is 54.4 Å². The molecule has 0 saturated carbocycles. The number of fused-ring (bicyclic) bond motifs is 4. The van der Waals surface area contributed by atoms with Crippen molar-refractivity contribution in [1.82, 2.24) is 101 Å². The molecule has 0 spiro atoms. The maximum atomic E-state index is 13.0. The molecule has 0 aliphatic carbocycles. The van der Waals surface area contributed by atoms with Crippen molar-refractivity contribution in [2.75, 3.05) is 27.0 Å². The highest BCUT2D eigenvalue weighted by molar-refractivity contribution is 6.34. The SMILES string of the molecule is Cc1cccc2c(Nc3n[nH]c(-c4ccccc4)n3)nc(-c3ccccc3OC(F)(F)F)nc12.Cc1cccc2c(Nc3n[nH]c(-c4ccco4)n3)nc(-c3ccccc3OC(F)(F)F)nc12.Cc1nc(Nc2nc(-c3ccc(N)cc3Cl)nc3ccccc23)n[nH]1.Cc1nc(Nc2nc(-c3ccc([N+](=O)[O-])cc3Cl)nc3ccccc23)n[nH]1. The average Bonchev–Trinajstić information content (AvgIpc) is 1.02. The molecule has 0 aliphatic rings. The number of aromatic nitrogens is 20. The number of non-ortho nitro benzene ring substituents is 1. The van der Waals surface area contributed by atoms with Gasteiger partial charge in [-0.15, -0.1) is 46.7 Å². The fourth-order valence-corrected chi connectivity index (χ4v) is 12.5. The molecular weight excluding hydrogens is 1590 g/mol. The highest BCUT2D eigenvalue weighted by Crippen LogP contribution is 2.40. The van der Waals surface area contributed by atoms with E-state index < -0.39 is 29.1 Å². The first-order valence-electron chi connectivity index (χ1n) is 35.4. The highest BCUT2D eigenvalue weighted by atomic mass is 35.5. The predicted octanol–water partition coefficient (Wildman–Crippen LogP) is 19.4. The lowest BCUT2D eigenvalue weighted by Crippen LogP contribution is -2.17. The first-order chi connectivity index (χ1) is 57.3. The highest BCUT2D eigenvalue weighted by Gasteiger charge is 2.34. The summed E-state index contributed by atoms with van der Waals surface area (Å²) in [5.41, 5.74) is 12.8. The monoisotopic (exact) mass is 1650 g/mol. The number of H-pyrrole nitrogens is 4. The van der Waals surface area contributed by atoms with Crippen LogP contribution in [0.2, 0.25) is 10.0 Å². The number of nitrogens with one attached hydrogen (secondary N) is 8. The van der Waals surface area contributed by atoms with Crippen molar-refractivity contribution in [1.29, 1.82) is 0 Å². The molecular formula is C80H58Cl2F6N26O5. The number of rotatable bonds is 17. The van der Waals surface area contributed by atoms with Crippen LogP contribution in [0.4, 0.5) is 84.8 Å². The molecule has 10 N–H and O–H groups in total. The van der Waals surface area contributed by atoms with Crippen molar-refractivity contribution in [2.45, 2.75) is 40.4 Å². The molecule has 9 aromatic carbocycles. The quantitative estimate of drug-likeness (QED) is 0.0177. The van der Waals surface area contributed by atoms with Crippen LogP contribution in [0.5, 0.6) is 11.5 Å². The molecule has 0 radical (unpaired) electrons. The lowest BCUT2D eigenvalue weighted by Gasteiger charge is -2.14. The van der Waals surface area contributed by atoms with Gasteiger partial charge in [-0.3, -0.25) is 30.5 Å². The van der Waals surface area contributed by atoms with Gasteiger partial charge in [0.1, 0.15) is 46.4 Å². The minimum Gasteiger partial charge on any atom is -0.461 e. The molecule has 9 heterocycles. The van der Waals surface area contributed by atoms with Gasteiger partial charge >= 0.3 is 12.7 Å². The van der Waals surface area contributed by atoms with Crippen LogP contribution in [0.3, 0.4) is 0 Å². The van der Waals surface area contributed by atoms with E-state index in [2.05, 4.69) is 131 Å². The van der Waals surface area contributed by atoms with Crippen LogP contribution >= 0.6 is 23.2 Å². The molecule has 0 aliphatic heterocycles. The zero-order valence-electron chi connectivity index (χ0n) is 62.0. The van der Waals surface area contributed by atoms with Crippen LogP contribution in [0.25, 0.3) is 112 Å². The maximum absolute atomic E-state index is 13.0. The van der Waals surface area contributed by atoms with Crippen molar-refractivity contribution in [3.63, 3.8) is 0 Å². The van der Waals surface area contributed by atoms with Crippen molar-refractivity contribution < 1.29 is 45.2 Å². The second kappa shape index (κ2) is 33.8. The summed E-state index contributed by atoms with van der Waals surface area (Å²) in [6, 6.07) is 60.0. The van der Waals surface area contributed by atoms with E-state index in [1.807, 2.05) is 136 Å². The van der Waals surface area contributed by atoms with Gasteiger partial charge in [-0.25, -0.2) is 39.9 Å². The summed E-state index contributed by atoms with van der Waals surface area (Å²) in [6.07, 6.45) is -8.19. The van der Waals surface area contributed by atoms with Crippen molar-refractivity contribution in [3.8, 4) is 80.0 Å². The number of nitrogen functional groups attached to an aromatic ring is 1. The number of para-hydroxylation sites is 6. The number of aryl methyl sites for hydroxylation is 4. The number of nitro groups is 1. The Morgan fingerprint density at radius 2 is 0.824 bits per heavy atom. The zero-order chi connectivity index (χ0) is 83.1. The lowest BCUT2D eigenvalue weighted by molar-refractivity contribution is -0.384. The summed E-state index contributed by atoms with van der Waals surface area (Å²) in [6.45, 7) is 7.33. The molecule has 0 amide bonds. The number of nitrogens with zero attached hydrogens (tertiary/aromatic N) is 17. The number of nitrogens with two attached hydrogens (primary N) is 1. The van der Waals surface area contributed by atoms with Crippen molar-refractivity contribution in [3.05, 3.63) is 262 Å². The smallest absolute Gasteiger partial charge is 0.461 e. The maximum Gasteiger partial charge on any atom is 0.573 e. The number of nitro benzene ring substituents is 1. The van der Waals surface area contributed by atoms with E-state index in [-0.39, 0.29) is 45.4 Å². The van der Waals surface area contributed by atoms with Crippen LogP contribution in [0.1, 0.15) is 22.8 Å². The summed E-state index contributed by atoms with van der Waals surface area (Å²) < 4.78 is 91.4. The van der Waals surface area contributed by atoms with E-state index >= 15 is 0 Å². The van der Waals surface area contributed by atoms with Crippen LogP contribution in [-0.4, -0.2) is 118 Å². The third-order valence-corrected chi connectivity index (χ3v) is 17.9. The third kappa shape index (κ3) is 18.6. The van der Waals surface area contributed by atoms with Gasteiger partial charge in [-0.2, -0.15) is 19.9 Å². The Hall–Kier alpha value is -15.7. The van der Waals surface area contributed by atoms with E-state index in [1.165, 1.54) is 60.9 Å². The van der Waals surface area contributed by atoms with Gasteiger partial charge in [0.15, 0.2) is 40.7 Å². The van der Waals surface area contributed by atoms with E-state index in [1.54, 1.807) is 49.4 Å². The molecule has 0 saturated heterocycles. The molecule has 0 atom stereocenters. The first-order valence-corrected chi connectivity index (χ1v) is 36.2. The average molecular weight is 1650 g/mol. The molecule has 0 unspecified atom stereocenters. The van der Waals surface area contributed by atoms with Crippen LogP contribution < -0.4 is 36.5 Å². The zero-order valence-corrected chi connectivity index (χ0v) is 63.5. The number of ether oxygens (including phenoxy) is 2. The number of aromatic amines is 4. The molecule has 18 rings (SSSR count). The molecule has 0 fully saturated rings. The van der Waals surface area contributed by atoms with Crippen LogP contribution in [0.15, 0.2) is 223 Å². The van der Waals surface area contributed by atoms with E-state index in [9.17, 15) is 36.5 Å². The summed E-state index contributed by atoms with van der Waals surface area (Å²) in [4.78, 5) is 64.1. The molecule has 9 aromatic heterocycles. The normalized spacial score (nSPS) is 11.3. The number of hydrogen-bond donors (Lipinski definition) is 9. The standard InChI is InChI=1S/C24H17F3N6O.C22H15F3N6O2.C17H12ClN7O2.C17H14ClN7/c1-14-8-7-12-17-19(14)28-21(16-11-5-6-13-18(16)34-24(25,26)27)29-22(17)31-23-30-20(32-33-23)15-9-3-2-4-10-15;1-12-6-4-8-14-17(12)26-18(13-7-2-3-9-15(13)33-22(23,24)25)27-19(14)28-21-29-20(30-31-21)16-10-5-11-32-16;1-9-19-17(24-23-9)22-16-12-4-2-3-5-14(12)20-15(21-16)11-7-6-10(25(26)27)8-13(11)18;1-9-20-17(25-24-9)23-16-12-4-2-3-5-14(12)21-15(22-16)11-7-6-10(19)8-13(11)18/h2-13H,1H3,(H2,28,29,30,31,32,33);2-11H,1H3,(H2,26,27,28,29,30,31);2-8H,1H3,(H2,19,20,21,22,23,24);2-8H,19H2,1H3,(H2,20,21,22,23,24,25). The van der Waals surface area contributed by atoms with Crippen LogP contribution in [-0.2, 0) is 0 Å². The van der Waals surface area contributed by atoms with Gasteiger partial charge in [0, 0.05) is 56.1 Å². The van der Waals surface area contributed by atoms with E-state index in [0.29, 0.717) is 125 Å². The van der Waals surface area contributed by atoms with E-state index in [0.717, 1.165) is 33.0 Å². The number of anilines is 9. The molecule has 31 nitrogen and oxygen atoms in total. The number of alkyl halides is 6. The summed E-state index contributed by atoms with van der Waals surface area (Å²) in [5.74, 6) is 6.06. The van der Waals surface area contributed by atoms with Gasteiger partial charge in [-0.05, 0) is 136 Å². The van der Waals surface area contributed by atoms with Gasteiger partial charge < -0.3 is 40.9 Å². The number of halogens is 8. The molecule has 119 heavy (non-hydrogen) atoms. The molecule has 39 heteroatoms. The predicted molar refractivity (Wildman–Crippen MR) is 435 cm³/mol. The molecule has 594 valence electrons. The Kier molecular flexibility index (Phi) is 22.3. The van der Waals surface area contributed by atoms with Gasteiger partial charge in [0.2, 0.25) is 23.8 Å². The summed E-state index contributed by atoms with van der Waals surface area (Å²) >= 11 is 12.6. The Morgan fingerprint density at radius 3 is 1.28 bits per heavy atom. The number of hydrogen-bond acceptors (Lipinski definition) is 26. The van der Waals surface area contributed by atoms with Crippen molar-refractivity contribution >= 4 is 125 Å². The number of furan rings is 1. The minimum absolute atomic E-state index is 0.0564. The second-order valence-electron chi connectivity index (χ2n) is 25.7. The Balaban J connectivity index is 0.000000125. The Bertz CT molecular complexity index is 6750. The lowest BCUT2D eigenvalue weighted by atomic mass is 10.1. The largest absolute Gasteiger partial charge is 0.573 e. The van der Waals surface area contributed by atoms with Gasteiger partial charge in [-0.1, -0.05) is 126 Å². The fraction of sp³-hybridized carbons (Fsp3) is 0.0750. The molecule has 0 bridgehead atoms. The fourth-order valence-electron chi connectivity index (χ4n) is 12.0.